The van der Waals surface area contributed by atoms with Gasteiger partial charge in [-0.2, -0.15) is 0 Å². The number of nitrogens with two attached hydrogens (primary N) is 2. The van der Waals surface area contributed by atoms with Crippen LogP contribution in [-0.2, 0) is 0 Å². The molecule has 0 spiro atoms. The highest BCUT2D eigenvalue weighted by Gasteiger charge is 2.18. The first kappa shape index (κ1) is 19.5. The van der Waals surface area contributed by atoms with Crippen molar-refractivity contribution in [3.8, 4) is 5.75 Å². The van der Waals surface area contributed by atoms with Crippen molar-refractivity contribution in [3.63, 3.8) is 0 Å². The van der Waals surface area contributed by atoms with Crippen LogP contribution in [0.3, 0.4) is 0 Å². The Kier molecular flexibility index (Phi) is 9.03. The summed E-state index contributed by atoms with van der Waals surface area (Å²) in [7, 11) is 0. The first-order valence-electron chi connectivity index (χ1n) is 8.11. The molecule has 1 saturated carbocycles. The maximum Gasteiger partial charge on any atom is 0.291 e. The molecule has 0 aromatic heterocycles. The molecule has 0 unspecified atom stereocenters. The van der Waals surface area contributed by atoms with Crippen LogP contribution in [0.25, 0.3) is 0 Å². The normalized spacial score (nSPS) is 14.2. The minimum Gasteiger partial charge on any atom is -0.493 e. The maximum absolute atomic E-state index is 8.36. The predicted octanol–water partition coefficient (Wildman–Crippen LogP) is 2.43. The number of ether oxygens (including phenoxy) is 1. The van der Waals surface area contributed by atoms with E-state index >= 15 is 0 Å². The van der Waals surface area contributed by atoms with E-state index in [1.54, 1.807) is 0 Å². The number of benzene rings is 1. The lowest BCUT2D eigenvalue weighted by atomic mass is 9.84. The van der Waals surface area contributed by atoms with Gasteiger partial charge in [-0.25, -0.2) is 0 Å². The van der Waals surface area contributed by atoms with E-state index < -0.39 is 5.09 Å². The van der Waals surface area contributed by atoms with Crippen molar-refractivity contribution >= 4 is 5.96 Å². The predicted molar refractivity (Wildman–Crippen MR) is 91.8 cm³/mol. The fourth-order valence-electron chi connectivity index (χ4n) is 2.82. The van der Waals surface area contributed by atoms with Crippen LogP contribution in [0.5, 0.6) is 5.75 Å². The van der Waals surface area contributed by atoms with Crippen LogP contribution in [0.1, 0.15) is 50.0 Å². The Morgan fingerprint density at radius 3 is 2.54 bits per heavy atom. The van der Waals surface area contributed by atoms with Crippen LogP contribution in [0, 0.1) is 10.1 Å². The molecule has 0 radical (unpaired) electrons. The highest BCUT2D eigenvalue weighted by atomic mass is 16.9. The summed E-state index contributed by atoms with van der Waals surface area (Å²) in [4.78, 5) is 12.3. The third-order valence-electron chi connectivity index (χ3n) is 3.82. The average molecular weight is 338 g/mol. The van der Waals surface area contributed by atoms with Crippen molar-refractivity contribution in [1.29, 1.82) is 0 Å². The monoisotopic (exact) mass is 338 g/mol. The van der Waals surface area contributed by atoms with Gasteiger partial charge in [-0.1, -0.05) is 37.5 Å². The van der Waals surface area contributed by atoms with Crippen LogP contribution < -0.4 is 16.2 Å². The minimum atomic E-state index is -1.50. The van der Waals surface area contributed by atoms with Gasteiger partial charge in [0.05, 0.1) is 6.61 Å². The van der Waals surface area contributed by atoms with E-state index in [4.69, 9.17) is 31.5 Å². The lowest BCUT2D eigenvalue weighted by molar-refractivity contribution is -0.742. The van der Waals surface area contributed by atoms with E-state index in [1.165, 1.54) is 37.7 Å². The third-order valence-corrected chi connectivity index (χ3v) is 3.82. The third kappa shape index (κ3) is 8.21. The molecule has 134 valence electrons. The first-order valence-corrected chi connectivity index (χ1v) is 8.11. The molecule has 2 rings (SSSR count). The van der Waals surface area contributed by atoms with Gasteiger partial charge >= 0.3 is 0 Å². The molecule has 1 aliphatic carbocycles. The molecule has 0 aliphatic heterocycles. The maximum atomic E-state index is 8.36. The Morgan fingerprint density at radius 1 is 1.29 bits per heavy atom. The smallest absolute Gasteiger partial charge is 0.291 e. The summed E-state index contributed by atoms with van der Waals surface area (Å²) in [6, 6.07) is 8.43. The van der Waals surface area contributed by atoms with E-state index in [-0.39, 0.29) is 5.96 Å². The second-order valence-electron chi connectivity index (χ2n) is 5.62. The first-order chi connectivity index (χ1) is 11.5. The quantitative estimate of drug-likeness (QED) is 0.239. The molecule has 0 saturated heterocycles. The average Bonchev–Trinajstić information content (AvgIpc) is 2.55. The van der Waals surface area contributed by atoms with Crippen LogP contribution in [0.2, 0.25) is 0 Å². The standard InChI is InChI=1S/C16H25N3O.HNO3/c17-16(18)19-11-6-12-20-15-10-5-4-9-14(15)13-7-2-1-3-8-13;2-1(3)4/h4-5,9-10,13H,1-3,6-8,11-12H2,(H4,17,18,19);(H,2,3,4). The molecular weight excluding hydrogens is 312 g/mol. The Morgan fingerprint density at radius 2 is 1.92 bits per heavy atom. The molecular formula is C16H26N4O4. The van der Waals surface area contributed by atoms with Crippen molar-refractivity contribution in [1.82, 2.24) is 0 Å². The lowest BCUT2D eigenvalue weighted by Crippen LogP contribution is -2.23. The van der Waals surface area contributed by atoms with E-state index in [1.807, 2.05) is 6.07 Å². The molecule has 0 atom stereocenters. The molecule has 1 aliphatic rings. The van der Waals surface area contributed by atoms with Crippen LogP contribution in [0.15, 0.2) is 29.3 Å². The van der Waals surface area contributed by atoms with E-state index in [0.29, 0.717) is 19.1 Å². The van der Waals surface area contributed by atoms with Gasteiger partial charge in [-0.05, 0) is 30.4 Å². The summed E-state index contributed by atoms with van der Waals surface area (Å²) < 4.78 is 5.92. The van der Waals surface area contributed by atoms with Crippen LogP contribution in [0.4, 0.5) is 0 Å². The van der Waals surface area contributed by atoms with Crippen molar-refractivity contribution in [3.05, 3.63) is 39.9 Å². The topological polar surface area (TPSA) is 137 Å². The fourth-order valence-corrected chi connectivity index (χ4v) is 2.82. The van der Waals surface area contributed by atoms with Crippen LogP contribution in [-0.4, -0.2) is 29.4 Å². The van der Waals surface area contributed by atoms with Gasteiger partial charge in [0, 0.05) is 13.0 Å². The Bertz CT molecular complexity index is 523. The lowest BCUT2D eigenvalue weighted by Gasteiger charge is -2.24. The number of hydrogen-bond acceptors (Lipinski definition) is 4. The molecule has 1 aromatic rings. The van der Waals surface area contributed by atoms with Crippen LogP contribution >= 0.6 is 0 Å². The van der Waals surface area contributed by atoms with Crippen molar-refractivity contribution in [2.24, 2.45) is 16.5 Å². The van der Waals surface area contributed by atoms with Gasteiger partial charge in [-0.3, -0.25) is 4.99 Å². The molecule has 5 N–H and O–H groups in total. The summed E-state index contributed by atoms with van der Waals surface area (Å²) in [6.07, 6.45) is 7.45. The summed E-state index contributed by atoms with van der Waals surface area (Å²) in [6.45, 7) is 1.27. The fraction of sp³-hybridized carbons (Fsp3) is 0.562. The van der Waals surface area contributed by atoms with Gasteiger partial charge in [0.2, 0.25) is 0 Å². The summed E-state index contributed by atoms with van der Waals surface area (Å²) in [5, 5.41) is 13.6. The molecule has 0 amide bonds. The van der Waals surface area contributed by atoms with Gasteiger partial charge in [0.15, 0.2) is 5.96 Å². The zero-order valence-electron chi connectivity index (χ0n) is 13.8. The molecule has 1 aromatic carbocycles. The number of aliphatic imine (C=N–C) groups is 1. The minimum absolute atomic E-state index is 0.146. The summed E-state index contributed by atoms with van der Waals surface area (Å²) >= 11 is 0. The summed E-state index contributed by atoms with van der Waals surface area (Å²) in [5.74, 6) is 1.84. The van der Waals surface area contributed by atoms with Gasteiger partial charge < -0.3 is 21.4 Å². The SMILES string of the molecule is NC(N)=NCCCOc1ccccc1C1CCCCC1.O=[N+]([O-])O. The van der Waals surface area contributed by atoms with Gasteiger partial charge in [0.25, 0.3) is 5.09 Å². The number of guanidine groups is 1. The van der Waals surface area contributed by atoms with Crippen molar-refractivity contribution < 1.29 is 15.0 Å². The Balaban J connectivity index is 0.000000648. The van der Waals surface area contributed by atoms with E-state index in [9.17, 15) is 0 Å². The zero-order valence-corrected chi connectivity index (χ0v) is 13.8. The number of para-hydroxylation sites is 1. The zero-order chi connectivity index (χ0) is 17.8. The van der Waals surface area contributed by atoms with Crippen molar-refractivity contribution in [2.45, 2.75) is 44.4 Å². The Hall–Kier alpha value is -2.51. The van der Waals surface area contributed by atoms with Gasteiger partial charge in [-0.15, -0.1) is 10.1 Å². The second kappa shape index (κ2) is 11.1. The van der Waals surface area contributed by atoms with E-state index in [2.05, 4.69) is 23.2 Å². The number of nitrogens with zero attached hydrogens (tertiary/aromatic N) is 2. The number of hydrogen-bond donors (Lipinski definition) is 3. The molecule has 1 fully saturated rings. The highest BCUT2D eigenvalue weighted by Crippen LogP contribution is 2.37. The highest BCUT2D eigenvalue weighted by molar-refractivity contribution is 5.75. The molecule has 0 bridgehead atoms. The second-order valence-corrected chi connectivity index (χ2v) is 5.62. The Labute approximate surface area is 141 Å². The van der Waals surface area contributed by atoms with Gasteiger partial charge in [0.1, 0.15) is 5.75 Å². The summed E-state index contributed by atoms with van der Waals surface area (Å²) in [5.41, 5.74) is 12.0. The van der Waals surface area contributed by atoms with Crippen molar-refractivity contribution in [2.75, 3.05) is 13.2 Å². The largest absolute Gasteiger partial charge is 0.493 e. The molecule has 0 heterocycles. The number of rotatable bonds is 6. The van der Waals surface area contributed by atoms with E-state index in [0.717, 1.165) is 12.2 Å². The molecule has 8 nitrogen and oxygen atoms in total. The molecule has 24 heavy (non-hydrogen) atoms. The molecule has 8 heteroatoms.